The van der Waals surface area contributed by atoms with Crippen molar-refractivity contribution < 1.29 is 4.79 Å². The first kappa shape index (κ1) is 12.2. The molecule has 1 saturated carbocycles. The van der Waals surface area contributed by atoms with Crippen LogP contribution in [0.15, 0.2) is 10.2 Å². The summed E-state index contributed by atoms with van der Waals surface area (Å²) in [6.45, 7) is 0.372. The minimum Gasteiger partial charge on any atom is -0.335 e. The Balaban J connectivity index is 1.71. The highest BCUT2D eigenvalue weighted by Crippen LogP contribution is 2.17. The van der Waals surface area contributed by atoms with Crippen LogP contribution < -0.4 is 15.5 Å². The van der Waals surface area contributed by atoms with Gasteiger partial charge in [0, 0.05) is 17.1 Å². The average Bonchev–Trinajstić information content (AvgIpc) is 2.74. The first-order chi connectivity index (χ1) is 8.24. The van der Waals surface area contributed by atoms with Gasteiger partial charge in [-0.2, -0.15) is 0 Å². The van der Waals surface area contributed by atoms with Crippen LogP contribution in [0.1, 0.15) is 37.8 Å². The van der Waals surface area contributed by atoms with E-state index in [0.29, 0.717) is 12.6 Å². The first-order valence-corrected chi connectivity index (χ1v) is 6.83. The second kappa shape index (κ2) is 5.86. The lowest BCUT2D eigenvalue weighted by Gasteiger charge is -2.22. The number of carbonyl (C=O) groups excluding carboxylic acids is 1. The highest BCUT2D eigenvalue weighted by molar-refractivity contribution is 7.07. The van der Waals surface area contributed by atoms with Gasteiger partial charge in [0.05, 0.1) is 6.54 Å². The maximum atomic E-state index is 11.6. The largest absolute Gasteiger partial charge is 0.335 e. The maximum absolute atomic E-state index is 11.6. The fourth-order valence-electron chi connectivity index (χ4n) is 2.06. The van der Waals surface area contributed by atoms with E-state index in [1.165, 1.54) is 19.3 Å². The summed E-state index contributed by atoms with van der Waals surface area (Å²) in [4.78, 5) is 25.0. The Morgan fingerprint density at radius 2 is 2.18 bits per heavy atom. The molecule has 0 unspecified atom stereocenters. The van der Waals surface area contributed by atoms with Gasteiger partial charge < -0.3 is 15.6 Å². The summed E-state index contributed by atoms with van der Waals surface area (Å²) in [5.41, 5.74) is 0.749. The molecular formula is C11H17N3O2S. The molecular weight excluding hydrogens is 238 g/mol. The number of rotatable bonds is 3. The van der Waals surface area contributed by atoms with Crippen LogP contribution in [0.5, 0.6) is 0 Å². The number of H-pyrrole nitrogens is 1. The summed E-state index contributed by atoms with van der Waals surface area (Å²) in [7, 11) is 0. The monoisotopic (exact) mass is 255 g/mol. The van der Waals surface area contributed by atoms with Crippen molar-refractivity contribution in [2.45, 2.75) is 44.7 Å². The topological polar surface area (TPSA) is 74.0 Å². The molecule has 0 atom stereocenters. The minimum absolute atomic E-state index is 0.0884. The molecule has 2 amide bonds. The van der Waals surface area contributed by atoms with Gasteiger partial charge >= 0.3 is 10.9 Å². The first-order valence-electron chi connectivity index (χ1n) is 5.95. The van der Waals surface area contributed by atoms with Gasteiger partial charge in [0.2, 0.25) is 0 Å². The molecule has 5 nitrogen and oxygen atoms in total. The van der Waals surface area contributed by atoms with E-state index in [1.807, 2.05) is 0 Å². The zero-order chi connectivity index (χ0) is 12.1. The van der Waals surface area contributed by atoms with E-state index >= 15 is 0 Å². The van der Waals surface area contributed by atoms with E-state index < -0.39 is 0 Å². The fraction of sp³-hybridized carbons (Fsp3) is 0.636. The predicted octanol–water partition coefficient (Wildman–Crippen LogP) is 1.57. The van der Waals surface area contributed by atoms with Crippen molar-refractivity contribution in [1.82, 2.24) is 15.6 Å². The van der Waals surface area contributed by atoms with E-state index in [4.69, 9.17) is 0 Å². The van der Waals surface area contributed by atoms with Crippen molar-refractivity contribution in [3.8, 4) is 0 Å². The van der Waals surface area contributed by atoms with Crippen LogP contribution in [0.4, 0.5) is 4.79 Å². The number of hydrogen-bond acceptors (Lipinski definition) is 3. The van der Waals surface area contributed by atoms with Gasteiger partial charge in [0.15, 0.2) is 0 Å². The van der Waals surface area contributed by atoms with E-state index in [2.05, 4.69) is 15.6 Å². The Labute approximate surface area is 104 Å². The molecule has 0 aromatic carbocycles. The second-order valence-corrected chi connectivity index (χ2v) is 5.18. The van der Waals surface area contributed by atoms with Crippen molar-refractivity contribution in [3.63, 3.8) is 0 Å². The quantitative estimate of drug-likeness (QED) is 0.767. The molecule has 17 heavy (non-hydrogen) atoms. The molecule has 3 N–H and O–H groups in total. The summed E-state index contributed by atoms with van der Waals surface area (Å²) in [6, 6.07) is 0.161. The zero-order valence-corrected chi connectivity index (χ0v) is 10.4. The number of aromatic nitrogens is 1. The molecule has 94 valence electrons. The van der Waals surface area contributed by atoms with Crippen LogP contribution in [-0.4, -0.2) is 17.1 Å². The van der Waals surface area contributed by atoms with Gasteiger partial charge in [-0.05, 0) is 12.8 Å². The number of nitrogens with one attached hydrogen (secondary N) is 3. The molecule has 2 rings (SSSR count). The van der Waals surface area contributed by atoms with Crippen LogP contribution in [0.25, 0.3) is 0 Å². The normalized spacial score (nSPS) is 16.7. The molecule has 0 radical (unpaired) electrons. The highest BCUT2D eigenvalue weighted by atomic mass is 32.1. The van der Waals surface area contributed by atoms with Crippen LogP contribution in [-0.2, 0) is 6.54 Å². The second-order valence-electron chi connectivity index (χ2n) is 4.34. The lowest BCUT2D eigenvalue weighted by Crippen LogP contribution is -2.42. The van der Waals surface area contributed by atoms with Gasteiger partial charge in [-0.3, -0.25) is 4.79 Å². The predicted molar refractivity (Wildman–Crippen MR) is 67.2 cm³/mol. The Morgan fingerprint density at radius 3 is 2.82 bits per heavy atom. The number of urea groups is 1. The molecule has 1 fully saturated rings. The molecule has 0 spiro atoms. The van der Waals surface area contributed by atoms with Crippen molar-refractivity contribution in [3.05, 3.63) is 20.7 Å². The molecule has 1 heterocycles. The average molecular weight is 255 g/mol. The van der Waals surface area contributed by atoms with Crippen LogP contribution >= 0.6 is 11.3 Å². The molecule has 0 bridgehead atoms. The number of thiazole rings is 1. The molecule has 1 aliphatic rings. The standard InChI is InChI=1S/C11H17N3O2S/c15-10(13-8-4-2-1-3-5-8)12-6-9-7-17-11(16)14-9/h7-8H,1-6H2,(H,14,16)(H2,12,13,15). The molecule has 0 saturated heterocycles. The third-order valence-electron chi connectivity index (χ3n) is 2.95. The maximum Gasteiger partial charge on any atom is 0.315 e. The summed E-state index contributed by atoms with van der Waals surface area (Å²) < 4.78 is 0. The van der Waals surface area contributed by atoms with Crippen molar-refractivity contribution in [2.75, 3.05) is 0 Å². The molecule has 6 heteroatoms. The van der Waals surface area contributed by atoms with Gasteiger partial charge in [0.25, 0.3) is 0 Å². The van der Waals surface area contributed by atoms with E-state index in [9.17, 15) is 9.59 Å². The zero-order valence-electron chi connectivity index (χ0n) is 9.62. The molecule has 1 aromatic heterocycles. The van der Waals surface area contributed by atoms with Crippen LogP contribution in [0, 0.1) is 0 Å². The highest BCUT2D eigenvalue weighted by Gasteiger charge is 2.15. The Bertz CT molecular complexity index is 420. The Morgan fingerprint density at radius 1 is 1.41 bits per heavy atom. The number of amides is 2. The third-order valence-corrected chi connectivity index (χ3v) is 3.67. The van der Waals surface area contributed by atoms with Crippen molar-refractivity contribution in [1.29, 1.82) is 0 Å². The SMILES string of the molecule is O=C(NCc1csc(=O)[nH]1)NC1CCCCC1. The fourth-order valence-corrected chi connectivity index (χ4v) is 2.64. The van der Waals surface area contributed by atoms with E-state index in [1.54, 1.807) is 5.38 Å². The van der Waals surface area contributed by atoms with Crippen LogP contribution in [0.3, 0.4) is 0 Å². The Kier molecular flexibility index (Phi) is 4.19. The number of aromatic amines is 1. The van der Waals surface area contributed by atoms with Gasteiger partial charge in [0.1, 0.15) is 0 Å². The summed E-state index contributed by atoms with van der Waals surface area (Å²) in [6.07, 6.45) is 5.81. The van der Waals surface area contributed by atoms with E-state index in [0.717, 1.165) is 29.9 Å². The third kappa shape index (κ3) is 3.89. The summed E-state index contributed by atoms with van der Waals surface area (Å²) in [5.74, 6) is 0. The van der Waals surface area contributed by atoms with Gasteiger partial charge in [-0.1, -0.05) is 30.6 Å². The van der Waals surface area contributed by atoms with Crippen LogP contribution in [0.2, 0.25) is 0 Å². The molecule has 1 aliphatic carbocycles. The minimum atomic E-state index is -0.149. The summed E-state index contributed by atoms with van der Waals surface area (Å²) in [5, 5.41) is 7.43. The van der Waals surface area contributed by atoms with Crippen molar-refractivity contribution >= 4 is 17.4 Å². The smallest absolute Gasteiger partial charge is 0.315 e. The molecule has 1 aromatic rings. The number of hydrogen-bond donors (Lipinski definition) is 3. The van der Waals surface area contributed by atoms with Gasteiger partial charge in [-0.25, -0.2) is 4.79 Å². The lowest BCUT2D eigenvalue weighted by molar-refractivity contribution is 0.232. The Hall–Kier alpha value is -1.30. The van der Waals surface area contributed by atoms with E-state index in [-0.39, 0.29) is 10.9 Å². The van der Waals surface area contributed by atoms with Crippen molar-refractivity contribution in [2.24, 2.45) is 0 Å². The van der Waals surface area contributed by atoms with Gasteiger partial charge in [-0.15, -0.1) is 0 Å². The number of carbonyl (C=O) groups is 1. The molecule has 0 aliphatic heterocycles. The summed E-state index contributed by atoms with van der Waals surface area (Å²) >= 11 is 1.11. The lowest BCUT2D eigenvalue weighted by atomic mass is 9.96.